The summed E-state index contributed by atoms with van der Waals surface area (Å²) in [5, 5.41) is 3.27. The van der Waals surface area contributed by atoms with E-state index in [1.807, 2.05) is 0 Å². The van der Waals surface area contributed by atoms with Crippen LogP contribution in [0.25, 0.3) is 0 Å². The Hall–Kier alpha value is -0.710. The lowest BCUT2D eigenvalue weighted by Gasteiger charge is -2.36. The Morgan fingerprint density at radius 2 is 2.11 bits per heavy atom. The predicted octanol–water partition coefficient (Wildman–Crippen LogP) is 2.50. The smallest absolute Gasteiger partial charge is 0.377 e. The first-order valence-electron chi connectivity index (χ1n) is 6.61. The first kappa shape index (κ1) is 13.7. The van der Waals surface area contributed by atoms with Crippen molar-refractivity contribution in [1.82, 2.24) is 5.32 Å². The number of cyclic esters (lactones) is 1. The summed E-state index contributed by atoms with van der Waals surface area (Å²) in [5.74, 6) is -4.67. The van der Waals surface area contributed by atoms with Crippen LogP contribution in [0.5, 0.6) is 0 Å². The van der Waals surface area contributed by atoms with Gasteiger partial charge in [-0.15, -0.1) is 0 Å². The molecule has 1 N–H and O–H groups in total. The summed E-state index contributed by atoms with van der Waals surface area (Å²) in [6.07, 6.45) is 3.31. The average Bonchev–Trinajstić information content (AvgIpc) is 2.49. The van der Waals surface area contributed by atoms with E-state index in [0.29, 0.717) is 18.0 Å². The summed E-state index contributed by atoms with van der Waals surface area (Å²) < 4.78 is 30.6. The van der Waals surface area contributed by atoms with E-state index < -0.39 is 24.4 Å². The standard InChI is InChI=1S/C13H21F2NO2/c1-12(2)5-3-4-9(6-12)16-8-10-7-13(14,15)11(17)18-10/h9-10,16H,3-8H2,1-2H3. The zero-order chi connectivity index (χ0) is 13.4. The summed E-state index contributed by atoms with van der Waals surface area (Å²) >= 11 is 0. The second-order valence-corrected chi connectivity index (χ2v) is 6.30. The molecule has 0 radical (unpaired) electrons. The fraction of sp³-hybridized carbons (Fsp3) is 0.923. The van der Waals surface area contributed by atoms with Crippen LogP contribution < -0.4 is 5.32 Å². The molecule has 0 spiro atoms. The van der Waals surface area contributed by atoms with Crippen molar-refractivity contribution in [3.8, 4) is 0 Å². The number of carbonyl (C=O) groups excluding carboxylic acids is 1. The van der Waals surface area contributed by atoms with Crippen molar-refractivity contribution in [2.75, 3.05) is 6.54 Å². The van der Waals surface area contributed by atoms with Gasteiger partial charge in [0.2, 0.25) is 0 Å². The van der Waals surface area contributed by atoms with Gasteiger partial charge < -0.3 is 10.1 Å². The summed E-state index contributed by atoms with van der Waals surface area (Å²) in [5.41, 5.74) is 0.312. The average molecular weight is 261 g/mol. The number of hydrogen-bond donors (Lipinski definition) is 1. The molecule has 0 aromatic rings. The van der Waals surface area contributed by atoms with Crippen molar-refractivity contribution in [1.29, 1.82) is 0 Å². The number of hydrogen-bond acceptors (Lipinski definition) is 3. The molecule has 1 heterocycles. The Morgan fingerprint density at radius 1 is 1.39 bits per heavy atom. The summed E-state index contributed by atoms with van der Waals surface area (Å²) in [6.45, 7) is 4.79. The highest BCUT2D eigenvalue weighted by Crippen LogP contribution is 2.35. The first-order valence-corrected chi connectivity index (χ1v) is 6.61. The van der Waals surface area contributed by atoms with Crippen LogP contribution >= 0.6 is 0 Å². The molecule has 2 aliphatic rings. The molecule has 0 aromatic carbocycles. The quantitative estimate of drug-likeness (QED) is 0.793. The van der Waals surface area contributed by atoms with E-state index in [2.05, 4.69) is 23.9 Å². The van der Waals surface area contributed by atoms with Crippen LogP contribution in [0.3, 0.4) is 0 Å². The summed E-state index contributed by atoms with van der Waals surface area (Å²) in [6, 6.07) is 0.349. The molecular formula is C13H21F2NO2. The van der Waals surface area contributed by atoms with Gasteiger partial charge >= 0.3 is 11.9 Å². The van der Waals surface area contributed by atoms with Gasteiger partial charge in [0.15, 0.2) is 0 Å². The van der Waals surface area contributed by atoms with Gasteiger partial charge in [-0.05, 0) is 24.7 Å². The third-order valence-corrected chi connectivity index (χ3v) is 3.90. The van der Waals surface area contributed by atoms with Gasteiger partial charge in [-0.1, -0.05) is 20.3 Å². The monoisotopic (exact) mass is 261 g/mol. The number of rotatable bonds is 3. The van der Waals surface area contributed by atoms with Crippen molar-refractivity contribution in [2.45, 2.75) is 64.0 Å². The van der Waals surface area contributed by atoms with Crippen LogP contribution in [-0.2, 0) is 9.53 Å². The fourth-order valence-corrected chi connectivity index (χ4v) is 2.93. The Morgan fingerprint density at radius 3 is 2.67 bits per heavy atom. The van der Waals surface area contributed by atoms with Crippen molar-refractivity contribution >= 4 is 5.97 Å². The number of alkyl halides is 2. The van der Waals surface area contributed by atoms with Gasteiger partial charge in [0.05, 0.1) is 6.42 Å². The largest absolute Gasteiger partial charge is 0.456 e. The Kier molecular flexibility index (Phi) is 3.63. The van der Waals surface area contributed by atoms with Gasteiger partial charge in [-0.25, -0.2) is 4.79 Å². The lowest BCUT2D eigenvalue weighted by molar-refractivity contribution is -0.159. The third kappa shape index (κ3) is 3.19. The molecule has 1 aliphatic carbocycles. The zero-order valence-electron chi connectivity index (χ0n) is 11.0. The molecule has 2 fully saturated rings. The molecule has 0 aromatic heterocycles. The summed E-state index contributed by atoms with van der Waals surface area (Å²) in [7, 11) is 0. The highest BCUT2D eigenvalue weighted by molar-refractivity contribution is 5.79. The molecule has 5 heteroatoms. The molecule has 1 aliphatic heterocycles. The first-order chi connectivity index (χ1) is 8.28. The van der Waals surface area contributed by atoms with Crippen LogP contribution in [0, 0.1) is 5.41 Å². The van der Waals surface area contributed by atoms with E-state index in [-0.39, 0.29) is 0 Å². The fourth-order valence-electron chi connectivity index (χ4n) is 2.93. The maximum absolute atomic E-state index is 13.0. The van der Waals surface area contributed by atoms with Gasteiger partial charge in [-0.3, -0.25) is 0 Å². The second-order valence-electron chi connectivity index (χ2n) is 6.30. The molecule has 2 unspecified atom stereocenters. The topological polar surface area (TPSA) is 38.3 Å². The SMILES string of the molecule is CC1(C)CCCC(NCC2CC(F)(F)C(=O)O2)C1. The number of nitrogens with one attached hydrogen (secondary N) is 1. The van der Waals surface area contributed by atoms with Crippen LogP contribution in [0.1, 0.15) is 46.0 Å². The van der Waals surface area contributed by atoms with E-state index in [1.165, 1.54) is 6.42 Å². The molecule has 1 saturated heterocycles. The predicted molar refractivity (Wildman–Crippen MR) is 63.5 cm³/mol. The molecular weight excluding hydrogens is 240 g/mol. The maximum atomic E-state index is 13.0. The minimum absolute atomic E-state index is 0.312. The lowest BCUT2D eigenvalue weighted by Crippen LogP contribution is -2.40. The van der Waals surface area contributed by atoms with Crippen molar-refractivity contribution in [3.05, 3.63) is 0 Å². The van der Waals surface area contributed by atoms with Crippen LogP contribution in [0.15, 0.2) is 0 Å². The van der Waals surface area contributed by atoms with E-state index in [9.17, 15) is 13.6 Å². The third-order valence-electron chi connectivity index (χ3n) is 3.90. The normalized spacial score (nSPS) is 34.3. The van der Waals surface area contributed by atoms with E-state index in [4.69, 9.17) is 0 Å². The van der Waals surface area contributed by atoms with E-state index in [0.717, 1.165) is 19.3 Å². The number of carbonyl (C=O) groups is 1. The molecule has 0 amide bonds. The van der Waals surface area contributed by atoms with Crippen molar-refractivity contribution in [2.24, 2.45) is 5.41 Å². The second kappa shape index (κ2) is 4.76. The van der Waals surface area contributed by atoms with Gasteiger partial charge in [0.1, 0.15) is 6.10 Å². The molecule has 2 rings (SSSR count). The molecule has 3 nitrogen and oxygen atoms in total. The molecule has 2 atom stereocenters. The van der Waals surface area contributed by atoms with E-state index >= 15 is 0 Å². The van der Waals surface area contributed by atoms with Gasteiger partial charge in [0.25, 0.3) is 0 Å². The number of esters is 1. The minimum atomic E-state index is -3.29. The minimum Gasteiger partial charge on any atom is -0.456 e. The van der Waals surface area contributed by atoms with E-state index in [1.54, 1.807) is 0 Å². The Bertz CT molecular complexity index is 331. The molecule has 18 heavy (non-hydrogen) atoms. The maximum Gasteiger partial charge on any atom is 0.377 e. The van der Waals surface area contributed by atoms with Crippen LogP contribution in [0.4, 0.5) is 8.78 Å². The Balaban J connectivity index is 1.77. The van der Waals surface area contributed by atoms with Crippen molar-refractivity contribution in [3.63, 3.8) is 0 Å². The molecule has 1 saturated carbocycles. The number of halogens is 2. The summed E-state index contributed by atoms with van der Waals surface area (Å²) in [4.78, 5) is 10.9. The Labute approximate surface area is 106 Å². The van der Waals surface area contributed by atoms with Gasteiger partial charge in [-0.2, -0.15) is 8.78 Å². The van der Waals surface area contributed by atoms with Crippen molar-refractivity contribution < 1.29 is 18.3 Å². The zero-order valence-corrected chi connectivity index (χ0v) is 11.0. The lowest BCUT2D eigenvalue weighted by atomic mass is 9.75. The number of ether oxygens (including phenoxy) is 1. The molecule has 0 bridgehead atoms. The highest BCUT2D eigenvalue weighted by Gasteiger charge is 2.50. The highest BCUT2D eigenvalue weighted by atomic mass is 19.3. The molecule has 104 valence electrons. The van der Waals surface area contributed by atoms with Crippen LogP contribution in [-0.4, -0.2) is 30.6 Å². The van der Waals surface area contributed by atoms with Gasteiger partial charge in [0, 0.05) is 12.6 Å². The van der Waals surface area contributed by atoms with Crippen LogP contribution in [0.2, 0.25) is 0 Å².